The topological polar surface area (TPSA) is 93.6 Å². The first-order valence-corrected chi connectivity index (χ1v) is 13.6. The monoisotopic (exact) mass is 532 g/mol. The summed E-state index contributed by atoms with van der Waals surface area (Å²) in [6, 6.07) is 22.9. The van der Waals surface area contributed by atoms with Gasteiger partial charge >= 0.3 is 0 Å². The predicted molar refractivity (Wildman–Crippen MR) is 143 cm³/mol. The van der Waals surface area contributed by atoms with Crippen LogP contribution in [0.4, 0.5) is 0 Å². The lowest BCUT2D eigenvalue weighted by atomic mass is 10.0. The van der Waals surface area contributed by atoms with Gasteiger partial charge < -0.3 is 0 Å². The third-order valence-electron chi connectivity index (χ3n) is 5.92. The largest absolute Gasteiger partial charge is 0.271 e. The van der Waals surface area contributed by atoms with Crippen LogP contribution >= 0.6 is 11.6 Å². The summed E-state index contributed by atoms with van der Waals surface area (Å²) in [6.45, 7) is -0.250. The van der Waals surface area contributed by atoms with E-state index in [4.69, 9.17) is 15.8 Å². The number of amides is 2. The van der Waals surface area contributed by atoms with Gasteiger partial charge in [0.05, 0.1) is 35.1 Å². The zero-order valence-electron chi connectivity index (χ0n) is 19.7. The lowest BCUT2D eigenvalue weighted by molar-refractivity contribution is 0.0575. The van der Waals surface area contributed by atoms with Gasteiger partial charge in [0.25, 0.3) is 21.9 Å². The summed E-state index contributed by atoms with van der Waals surface area (Å²) in [5, 5.41) is 1.57. The molecule has 37 heavy (non-hydrogen) atoms. The SMILES string of the molecule is CS(=O)(=O)OC(CN1C(=O)c2ccccc2C1=O)c1cccc(/C=C/c2ccc3ccc(Cl)cc3n2)c1. The summed E-state index contributed by atoms with van der Waals surface area (Å²) in [5.41, 5.74) is 3.32. The highest BCUT2D eigenvalue weighted by Gasteiger charge is 2.37. The Labute approximate surface area is 219 Å². The molecule has 1 aromatic heterocycles. The summed E-state index contributed by atoms with van der Waals surface area (Å²) in [7, 11) is -3.90. The van der Waals surface area contributed by atoms with Crippen LogP contribution < -0.4 is 0 Å². The summed E-state index contributed by atoms with van der Waals surface area (Å²) in [4.78, 5) is 31.3. The Morgan fingerprint density at radius 2 is 1.62 bits per heavy atom. The van der Waals surface area contributed by atoms with Gasteiger partial charge in [0.2, 0.25) is 0 Å². The number of hydrogen-bond donors (Lipinski definition) is 0. The van der Waals surface area contributed by atoms with Crippen LogP contribution in [-0.4, -0.2) is 42.9 Å². The molecule has 4 aromatic rings. The molecule has 9 heteroatoms. The number of imide groups is 1. The van der Waals surface area contributed by atoms with Crippen LogP contribution in [0.5, 0.6) is 0 Å². The second kappa shape index (κ2) is 9.89. The minimum Gasteiger partial charge on any atom is -0.271 e. The maximum atomic E-state index is 12.9. The standard InChI is InChI=1S/C28H21ClN2O5S/c1-37(34,35)36-26(17-31-27(32)23-7-2-3-8-24(23)28(31)33)20-6-4-5-18(15-20)9-13-22-14-11-19-10-12-21(29)16-25(19)30-22/h2-16,26H,17H2,1H3/b13-9+. The fraction of sp³-hybridized carbons (Fsp3) is 0.107. The van der Waals surface area contributed by atoms with Gasteiger partial charge in [-0.15, -0.1) is 0 Å². The van der Waals surface area contributed by atoms with E-state index < -0.39 is 28.0 Å². The molecule has 7 nitrogen and oxygen atoms in total. The number of fused-ring (bicyclic) bond motifs is 2. The molecule has 0 radical (unpaired) electrons. The smallest absolute Gasteiger partial charge is 0.265 e. The highest BCUT2D eigenvalue weighted by molar-refractivity contribution is 7.86. The quantitative estimate of drug-likeness (QED) is 0.234. The first kappa shape index (κ1) is 24.8. The molecule has 2 amide bonds. The van der Waals surface area contributed by atoms with Gasteiger partial charge in [0, 0.05) is 10.4 Å². The van der Waals surface area contributed by atoms with Crippen LogP contribution in [0.3, 0.4) is 0 Å². The van der Waals surface area contributed by atoms with Crippen molar-refractivity contribution in [3.05, 3.63) is 112 Å². The van der Waals surface area contributed by atoms with E-state index in [0.717, 1.165) is 33.3 Å². The summed E-state index contributed by atoms with van der Waals surface area (Å²) in [6.07, 6.45) is 3.52. The molecule has 0 aliphatic carbocycles. The second-order valence-corrected chi connectivity index (χ2v) is 10.7. The first-order chi connectivity index (χ1) is 17.7. The Balaban J connectivity index is 1.42. The maximum absolute atomic E-state index is 12.9. The molecule has 3 aromatic carbocycles. The molecule has 0 saturated heterocycles. The van der Waals surface area contributed by atoms with Gasteiger partial charge in [0.1, 0.15) is 6.10 Å². The van der Waals surface area contributed by atoms with Crippen LogP contribution in [0.1, 0.15) is 43.6 Å². The highest BCUT2D eigenvalue weighted by Crippen LogP contribution is 2.28. The number of nitrogens with zero attached hydrogens (tertiary/aromatic N) is 2. The second-order valence-electron chi connectivity index (χ2n) is 8.63. The zero-order chi connectivity index (χ0) is 26.2. The molecular formula is C28H21ClN2O5S. The van der Waals surface area contributed by atoms with Crippen molar-refractivity contribution in [2.75, 3.05) is 12.8 Å². The Morgan fingerprint density at radius 1 is 0.919 bits per heavy atom. The van der Waals surface area contributed by atoms with Crippen molar-refractivity contribution < 1.29 is 22.2 Å². The number of carbonyl (C=O) groups excluding carboxylic acids is 2. The number of pyridine rings is 1. The van der Waals surface area contributed by atoms with E-state index in [9.17, 15) is 18.0 Å². The zero-order valence-corrected chi connectivity index (χ0v) is 21.2. The van der Waals surface area contributed by atoms with E-state index in [-0.39, 0.29) is 17.7 Å². The van der Waals surface area contributed by atoms with E-state index >= 15 is 0 Å². The Bertz CT molecular complexity index is 1650. The fourth-order valence-electron chi connectivity index (χ4n) is 4.22. The Hall–Kier alpha value is -3.85. The third-order valence-corrected chi connectivity index (χ3v) is 6.74. The minimum absolute atomic E-state index is 0.250. The molecule has 186 valence electrons. The molecule has 0 fully saturated rings. The van der Waals surface area contributed by atoms with E-state index in [1.165, 1.54) is 0 Å². The number of halogens is 1. The van der Waals surface area contributed by atoms with Crippen molar-refractivity contribution in [2.45, 2.75) is 6.10 Å². The summed E-state index contributed by atoms with van der Waals surface area (Å²) < 4.78 is 29.4. The van der Waals surface area contributed by atoms with E-state index in [0.29, 0.717) is 10.6 Å². The van der Waals surface area contributed by atoms with Crippen molar-refractivity contribution in [3.8, 4) is 0 Å². The van der Waals surface area contributed by atoms with Crippen LogP contribution in [0.2, 0.25) is 5.02 Å². The molecule has 1 aliphatic rings. The highest BCUT2D eigenvalue weighted by atomic mass is 35.5. The normalized spacial score (nSPS) is 14.5. The Kier molecular flexibility index (Phi) is 6.64. The summed E-state index contributed by atoms with van der Waals surface area (Å²) in [5.74, 6) is -0.970. The molecule has 1 aliphatic heterocycles. The van der Waals surface area contributed by atoms with Crippen molar-refractivity contribution in [1.29, 1.82) is 0 Å². The predicted octanol–water partition coefficient (Wildman–Crippen LogP) is 5.37. The molecule has 1 atom stereocenters. The fourth-order valence-corrected chi connectivity index (χ4v) is 4.98. The molecule has 2 heterocycles. The van der Waals surface area contributed by atoms with Gasteiger partial charge in [0.15, 0.2) is 0 Å². The van der Waals surface area contributed by atoms with Gasteiger partial charge in [-0.05, 0) is 53.6 Å². The van der Waals surface area contributed by atoms with E-state index in [2.05, 4.69) is 4.98 Å². The van der Waals surface area contributed by atoms with Crippen LogP contribution in [0.15, 0.2) is 78.9 Å². The molecule has 5 rings (SSSR count). The number of rotatable bonds is 7. The average Bonchev–Trinajstić information content (AvgIpc) is 3.11. The lowest BCUT2D eigenvalue weighted by Gasteiger charge is -2.22. The number of carbonyl (C=O) groups is 2. The van der Waals surface area contributed by atoms with Gasteiger partial charge in [-0.2, -0.15) is 8.42 Å². The number of aromatic nitrogens is 1. The van der Waals surface area contributed by atoms with Crippen LogP contribution in [-0.2, 0) is 14.3 Å². The van der Waals surface area contributed by atoms with Crippen LogP contribution in [0.25, 0.3) is 23.1 Å². The molecule has 1 unspecified atom stereocenters. The van der Waals surface area contributed by atoms with Gasteiger partial charge in [-0.1, -0.05) is 60.1 Å². The molecule has 0 spiro atoms. The average molecular weight is 533 g/mol. The van der Waals surface area contributed by atoms with Crippen molar-refractivity contribution in [2.24, 2.45) is 0 Å². The molecule has 0 N–H and O–H groups in total. The van der Waals surface area contributed by atoms with Gasteiger partial charge in [-0.3, -0.25) is 18.7 Å². The van der Waals surface area contributed by atoms with Gasteiger partial charge in [-0.25, -0.2) is 4.98 Å². The Morgan fingerprint density at radius 3 is 2.32 bits per heavy atom. The van der Waals surface area contributed by atoms with Crippen molar-refractivity contribution in [3.63, 3.8) is 0 Å². The van der Waals surface area contributed by atoms with Crippen molar-refractivity contribution >= 4 is 56.6 Å². The maximum Gasteiger partial charge on any atom is 0.265 e. The van der Waals surface area contributed by atoms with E-state index in [1.807, 2.05) is 42.5 Å². The minimum atomic E-state index is -3.90. The molecule has 0 bridgehead atoms. The summed E-state index contributed by atoms with van der Waals surface area (Å²) >= 11 is 6.08. The first-order valence-electron chi connectivity index (χ1n) is 11.4. The number of benzene rings is 3. The van der Waals surface area contributed by atoms with E-state index in [1.54, 1.807) is 48.5 Å². The van der Waals surface area contributed by atoms with Crippen LogP contribution in [0, 0.1) is 0 Å². The number of hydrogen-bond acceptors (Lipinski definition) is 6. The van der Waals surface area contributed by atoms with Crippen molar-refractivity contribution in [1.82, 2.24) is 9.88 Å². The third kappa shape index (κ3) is 5.46. The lowest BCUT2D eigenvalue weighted by Crippen LogP contribution is -2.35. The molecule has 0 saturated carbocycles. The molecular weight excluding hydrogens is 512 g/mol.